The maximum Gasteiger partial charge on any atom is 0.0376 e. The molecule has 0 saturated heterocycles. The zero-order chi connectivity index (χ0) is 13.1. The molecule has 2 nitrogen and oxygen atoms in total. The van der Waals surface area contributed by atoms with Crippen LogP contribution in [-0.4, -0.2) is 31.1 Å². The molecule has 3 rings (SSSR count). The number of anilines is 1. The van der Waals surface area contributed by atoms with Crippen molar-refractivity contribution in [1.82, 2.24) is 4.90 Å². The largest absolute Gasteiger partial charge is 0.385 e. The van der Waals surface area contributed by atoms with E-state index < -0.39 is 0 Å². The van der Waals surface area contributed by atoms with Crippen molar-refractivity contribution in [3.63, 3.8) is 0 Å². The van der Waals surface area contributed by atoms with Crippen molar-refractivity contribution in [2.24, 2.45) is 0 Å². The van der Waals surface area contributed by atoms with Gasteiger partial charge in [-0.3, -0.25) is 0 Å². The topological polar surface area (TPSA) is 15.3 Å². The summed E-state index contributed by atoms with van der Waals surface area (Å²) in [6.45, 7) is 2.35. The Hall–Kier alpha value is -1.02. The van der Waals surface area contributed by atoms with Gasteiger partial charge in [-0.15, -0.1) is 0 Å². The van der Waals surface area contributed by atoms with Gasteiger partial charge in [-0.05, 0) is 37.9 Å². The van der Waals surface area contributed by atoms with Gasteiger partial charge in [-0.1, -0.05) is 37.5 Å². The molecule has 1 heterocycles. The fraction of sp³-hybridized carbons (Fsp3) is 0.647. The number of para-hydroxylation sites is 1. The number of rotatable bonds is 3. The third-order valence-electron chi connectivity index (χ3n) is 4.92. The molecule has 1 aliphatic heterocycles. The van der Waals surface area contributed by atoms with E-state index in [1.54, 1.807) is 0 Å². The summed E-state index contributed by atoms with van der Waals surface area (Å²) < 4.78 is 0. The highest BCUT2D eigenvalue weighted by Crippen LogP contribution is 2.33. The van der Waals surface area contributed by atoms with E-state index in [0.717, 1.165) is 12.6 Å². The highest BCUT2D eigenvalue weighted by atomic mass is 15.1. The molecular formula is C17H26N2. The second kappa shape index (κ2) is 5.96. The second-order valence-corrected chi connectivity index (χ2v) is 6.23. The van der Waals surface area contributed by atoms with Gasteiger partial charge in [0.25, 0.3) is 0 Å². The number of nitrogens with one attached hydrogen (secondary N) is 1. The maximum absolute atomic E-state index is 3.53. The van der Waals surface area contributed by atoms with Crippen molar-refractivity contribution in [2.45, 2.75) is 50.5 Å². The Kier molecular flexibility index (Phi) is 4.07. The zero-order valence-electron chi connectivity index (χ0n) is 12.1. The first-order valence-corrected chi connectivity index (χ1v) is 7.87. The van der Waals surface area contributed by atoms with Gasteiger partial charge in [0.15, 0.2) is 0 Å². The molecule has 0 amide bonds. The molecule has 0 spiro atoms. The second-order valence-electron chi connectivity index (χ2n) is 6.23. The number of hydrogen-bond acceptors (Lipinski definition) is 2. The summed E-state index contributed by atoms with van der Waals surface area (Å²) in [6.07, 6.45) is 8.39. The molecule has 1 aromatic rings. The van der Waals surface area contributed by atoms with Crippen LogP contribution in [0.25, 0.3) is 0 Å². The molecule has 1 N–H and O–H groups in total. The minimum atomic E-state index is 0.712. The van der Waals surface area contributed by atoms with Crippen LogP contribution < -0.4 is 5.32 Å². The third-order valence-corrected chi connectivity index (χ3v) is 4.92. The van der Waals surface area contributed by atoms with E-state index in [2.05, 4.69) is 41.5 Å². The Morgan fingerprint density at radius 2 is 1.89 bits per heavy atom. The normalized spacial score (nSPS) is 24.0. The van der Waals surface area contributed by atoms with Gasteiger partial charge in [0, 0.05) is 30.7 Å². The first-order valence-electron chi connectivity index (χ1n) is 7.87. The Morgan fingerprint density at radius 3 is 2.74 bits per heavy atom. The van der Waals surface area contributed by atoms with Crippen LogP contribution in [0.3, 0.4) is 0 Å². The van der Waals surface area contributed by atoms with E-state index in [4.69, 9.17) is 0 Å². The zero-order valence-corrected chi connectivity index (χ0v) is 12.1. The minimum Gasteiger partial charge on any atom is -0.385 e. The van der Waals surface area contributed by atoms with Crippen molar-refractivity contribution < 1.29 is 0 Å². The molecule has 1 fully saturated rings. The molecule has 0 radical (unpaired) electrons. The van der Waals surface area contributed by atoms with Crippen LogP contribution in [0.4, 0.5) is 5.69 Å². The van der Waals surface area contributed by atoms with Crippen LogP contribution in [0.2, 0.25) is 0 Å². The van der Waals surface area contributed by atoms with E-state index in [-0.39, 0.29) is 0 Å². The van der Waals surface area contributed by atoms with Crippen LogP contribution in [0, 0.1) is 0 Å². The lowest BCUT2D eigenvalue weighted by molar-refractivity contribution is 0.179. The summed E-state index contributed by atoms with van der Waals surface area (Å²) in [5.41, 5.74) is 2.88. The van der Waals surface area contributed by atoms with Crippen LogP contribution >= 0.6 is 0 Å². The van der Waals surface area contributed by atoms with Crippen molar-refractivity contribution in [2.75, 3.05) is 25.5 Å². The summed E-state index contributed by atoms with van der Waals surface area (Å²) >= 11 is 0. The molecule has 19 heavy (non-hydrogen) atoms. The highest BCUT2D eigenvalue weighted by Gasteiger charge is 2.24. The summed E-state index contributed by atoms with van der Waals surface area (Å²) in [6, 6.07) is 9.68. The number of likely N-dealkylation sites (N-methyl/N-ethyl adjacent to an activating group) is 1. The quantitative estimate of drug-likeness (QED) is 0.886. The van der Waals surface area contributed by atoms with Crippen molar-refractivity contribution >= 4 is 5.69 Å². The van der Waals surface area contributed by atoms with Gasteiger partial charge < -0.3 is 10.2 Å². The van der Waals surface area contributed by atoms with Gasteiger partial charge in [0.2, 0.25) is 0 Å². The maximum atomic E-state index is 3.53. The molecule has 1 unspecified atom stereocenters. The lowest BCUT2D eigenvalue weighted by Gasteiger charge is -2.36. The van der Waals surface area contributed by atoms with Gasteiger partial charge in [0.1, 0.15) is 0 Å². The highest BCUT2D eigenvalue weighted by molar-refractivity contribution is 5.54. The molecule has 2 aliphatic rings. The fourth-order valence-corrected chi connectivity index (χ4v) is 3.76. The average Bonchev–Trinajstić information content (AvgIpc) is 2.48. The molecule has 1 atom stereocenters. The molecule has 1 aliphatic carbocycles. The molecule has 1 aromatic carbocycles. The van der Waals surface area contributed by atoms with Gasteiger partial charge in [0.05, 0.1) is 0 Å². The first kappa shape index (κ1) is 13.0. The van der Waals surface area contributed by atoms with Gasteiger partial charge in [-0.25, -0.2) is 0 Å². The monoisotopic (exact) mass is 258 g/mol. The van der Waals surface area contributed by atoms with E-state index in [9.17, 15) is 0 Å². The summed E-state index contributed by atoms with van der Waals surface area (Å²) in [5.74, 6) is 0.712. The average molecular weight is 258 g/mol. The number of hydrogen-bond donors (Lipinski definition) is 1. The smallest absolute Gasteiger partial charge is 0.0376 e. The van der Waals surface area contributed by atoms with E-state index in [1.165, 1.54) is 56.3 Å². The van der Waals surface area contributed by atoms with Crippen LogP contribution in [0.5, 0.6) is 0 Å². The minimum absolute atomic E-state index is 0.712. The predicted molar refractivity (Wildman–Crippen MR) is 81.8 cm³/mol. The lowest BCUT2D eigenvalue weighted by atomic mass is 9.88. The Balaban J connectivity index is 1.66. The van der Waals surface area contributed by atoms with Crippen LogP contribution in [0.1, 0.15) is 50.0 Å². The third kappa shape index (κ3) is 2.94. The lowest BCUT2D eigenvalue weighted by Crippen LogP contribution is -2.37. The van der Waals surface area contributed by atoms with Crippen molar-refractivity contribution in [3.05, 3.63) is 29.8 Å². The number of benzene rings is 1. The molecule has 1 saturated carbocycles. The van der Waals surface area contributed by atoms with Gasteiger partial charge >= 0.3 is 0 Å². The summed E-state index contributed by atoms with van der Waals surface area (Å²) in [4.78, 5) is 2.63. The first-order chi connectivity index (χ1) is 9.34. The Bertz CT molecular complexity index is 409. The van der Waals surface area contributed by atoms with E-state index in [1.807, 2.05) is 0 Å². The SMILES string of the molecule is CN(CC1CCNc2ccccc21)C1CCCCC1. The van der Waals surface area contributed by atoms with Gasteiger partial charge in [-0.2, -0.15) is 0 Å². The van der Waals surface area contributed by atoms with Crippen molar-refractivity contribution in [1.29, 1.82) is 0 Å². The predicted octanol–water partition coefficient (Wildman–Crippen LogP) is 3.85. The van der Waals surface area contributed by atoms with Crippen molar-refractivity contribution in [3.8, 4) is 0 Å². The molecule has 0 bridgehead atoms. The Labute approximate surface area is 117 Å². The molecule has 104 valence electrons. The number of fused-ring (bicyclic) bond motifs is 1. The molecule has 2 heteroatoms. The molecule has 0 aromatic heterocycles. The Morgan fingerprint density at radius 1 is 1.11 bits per heavy atom. The number of nitrogens with zero attached hydrogens (tertiary/aromatic N) is 1. The van der Waals surface area contributed by atoms with E-state index >= 15 is 0 Å². The summed E-state index contributed by atoms with van der Waals surface area (Å²) in [7, 11) is 2.33. The van der Waals surface area contributed by atoms with Crippen LogP contribution in [0.15, 0.2) is 24.3 Å². The standard InChI is InChI=1S/C17H26N2/c1-19(15-7-3-2-4-8-15)13-14-11-12-18-17-10-6-5-9-16(14)17/h5-6,9-10,14-15,18H,2-4,7-8,11-13H2,1H3. The van der Waals surface area contributed by atoms with E-state index in [0.29, 0.717) is 5.92 Å². The fourth-order valence-electron chi connectivity index (χ4n) is 3.76. The summed E-state index contributed by atoms with van der Waals surface area (Å²) in [5, 5.41) is 3.53. The molecular weight excluding hydrogens is 232 g/mol. The van der Waals surface area contributed by atoms with Crippen LogP contribution in [-0.2, 0) is 0 Å².